The van der Waals surface area contributed by atoms with E-state index >= 15 is 0 Å². The van der Waals surface area contributed by atoms with Crippen molar-refractivity contribution in [2.24, 2.45) is 0 Å². The summed E-state index contributed by atoms with van der Waals surface area (Å²) in [6.07, 6.45) is 8.78. The maximum Gasteiger partial charge on any atom is 0.0613 e. The second-order valence-electron chi connectivity index (χ2n) is 5.00. The maximum atomic E-state index is 9.41. The molecule has 0 spiro atoms. The van der Waals surface area contributed by atoms with Gasteiger partial charge in [-0.3, -0.25) is 0 Å². The lowest BCUT2D eigenvalue weighted by molar-refractivity contribution is 0.0971. The second kappa shape index (κ2) is 5.28. The Balaban J connectivity index is 1.67. The molecule has 0 radical (unpaired) electrons. The van der Waals surface area contributed by atoms with Crippen molar-refractivity contribution in [1.82, 2.24) is 5.32 Å². The molecule has 0 amide bonds. The predicted octanol–water partition coefficient (Wildman–Crippen LogP) is 1.45. The van der Waals surface area contributed by atoms with Crippen LogP contribution in [-0.4, -0.2) is 36.5 Å². The monoisotopic (exact) mass is 213 g/mol. The van der Waals surface area contributed by atoms with Crippen molar-refractivity contribution in [2.45, 2.75) is 56.6 Å². The van der Waals surface area contributed by atoms with E-state index in [1.807, 2.05) is 0 Å². The highest BCUT2D eigenvalue weighted by Crippen LogP contribution is 2.29. The van der Waals surface area contributed by atoms with Gasteiger partial charge in [0.2, 0.25) is 0 Å². The molecule has 1 saturated carbocycles. The molecule has 2 rings (SSSR count). The van der Waals surface area contributed by atoms with Crippen LogP contribution < -0.4 is 5.32 Å². The summed E-state index contributed by atoms with van der Waals surface area (Å²) in [4.78, 5) is 0. The lowest BCUT2D eigenvalue weighted by atomic mass is 9.98. The summed E-state index contributed by atoms with van der Waals surface area (Å²) in [6.45, 7) is 2.22. The lowest BCUT2D eigenvalue weighted by Crippen LogP contribution is -2.46. The highest BCUT2D eigenvalue weighted by Gasteiger charge is 2.32. The van der Waals surface area contributed by atoms with Crippen LogP contribution in [0.15, 0.2) is 0 Å². The van der Waals surface area contributed by atoms with E-state index in [-0.39, 0.29) is 5.54 Å². The van der Waals surface area contributed by atoms with E-state index in [1.54, 1.807) is 0 Å². The van der Waals surface area contributed by atoms with Crippen LogP contribution in [0.3, 0.4) is 0 Å². The van der Waals surface area contributed by atoms with Crippen LogP contribution in [0.25, 0.3) is 0 Å². The van der Waals surface area contributed by atoms with Gasteiger partial charge in [-0.25, -0.2) is 0 Å². The summed E-state index contributed by atoms with van der Waals surface area (Å²) < 4.78 is 5.58. The largest absolute Gasteiger partial charge is 0.394 e. The normalized spacial score (nSPS) is 29.8. The third-order valence-electron chi connectivity index (χ3n) is 3.85. The number of nitrogens with one attached hydrogen (secondary N) is 1. The van der Waals surface area contributed by atoms with Crippen LogP contribution in [0, 0.1) is 0 Å². The summed E-state index contributed by atoms with van der Waals surface area (Å²) in [5.41, 5.74) is 0.0403. The first-order valence-electron chi connectivity index (χ1n) is 6.32. The Morgan fingerprint density at radius 2 is 2.07 bits per heavy atom. The number of hydrogen-bond donors (Lipinski definition) is 2. The van der Waals surface area contributed by atoms with Crippen LogP contribution in [0.2, 0.25) is 0 Å². The maximum absolute atomic E-state index is 9.41. The predicted molar refractivity (Wildman–Crippen MR) is 59.9 cm³/mol. The lowest BCUT2D eigenvalue weighted by Gasteiger charge is -2.28. The number of rotatable bonds is 5. The molecule has 3 heteroatoms. The van der Waals surface area contributed by atoms with Crippen molar-refractivity contribution < 1.29 is 9.84 Å². The van der Waals surface area contributed by atoms with E-state index in [4.69, 9.17) is 4.74 Å². The molecule has 1 saturated heterocycles. The van der Waals surface area contributed by atoms with Gasteiger partial charge >= 0.3 is 0 Å². The number of ether oxygens (including phenoxy) is 1. The third-order valence-corrected chi connectivity index (χ3v) is 3.85. The first-order chi connectivity index (χ1) is 7.35. The summed E-state index contributed by atoms with van der Waals surface area (Å²) in [7, 11) is 0. The van der Waals surface area contributed by atoms with Crippen molar-refractivity contribution in [3.8, 4) is 0 Å². The topological polar surface area (TPSA) is 41.5 Å². The summed E-state index contributed by atoms with van der Waals surface area (Å²) >= 11 is 0. The van der Waals surface area contributed by atoms with Gasteiger partial charge in [0.05, 0.1) is 12.7 Å². The van der Waals surface area contributed by atoms with E-state index in [9.17, 15) is 5.11 Å². The Morgan fingerprint density at radius 1 is 1.27 bits per heavy atom. The molecule has 0 aromatic carbocycles. The number of aliphatic hydroxyl groups excluding tert-OH is 1. The molecule has 1 aliphatic heterocycles. The van der Waals surface area contributed by atoms with Gasteiger partial charge in [0.1, 0.15) is 0 Å². The minimum absolute atomic E-state index is 0.0403. The summed E-state index contributed by atoms with van der Waals surface area (Å²) in [5, 5.41) is 13.0. The molecule has 1 unspecified atom stereocenters. The van der Waals surface area contributed by atoms with E-state index in [1.165, 1.54) is 25.7 Å². The van der Waals surface area contributed by atoms with E-state index in [0.717, 1.165) is 32.4 Å². The highest BCUT2D eigenvalue weighted by molar-refractivity contribution is 4.92. The van der Waals surface area contributed by atoms with Gasteiger partial charge in [0, 0.05) is 12.1 Å². The fourth-order valence-electron chi connectivity index (χ4n) is 2.81. The zero-order valence-electron chi connectivity index (χ0n) is 9.50. The Kier molecular flexibility index (Phi) is 4.00. The quantitative estimate of drug-likeness (QED) is 0.726. The highest BCUT2D eigenvalue weighted by atomic mass is 16.5. The first-order valence-corrected chi connectivity index (χ1v) is 6.32. The average Bonchev–Trinajstić information content (AvgIpc) is 2.89. The molecule has 1 heterocycles. The molecular formula is C12H23NO2. The van der Waals surface area contributed by atoms with Crippen molar-refractivity contribution in [2.75, 3.05) is 19.8 Å². The van der Waals surface area contributed by atoms with Gasteiger partial charge in [-0.15, -0.1) is 0 Å². The Bertz CT molecular complexity index is 184. The standard InChI is InChI=1S/C12H23NO2/c14-10-12(6-1-2-7-12)13-8-5-11-4-3-9-15-11/h11,13-14H,1-10H2. The van der Waals surface area contributed by atoms with E-state index in [0.29, 0.717) is 12.7 Å². The van der Waals surface area contributed by atoms with E-state index in [2.05, 4.69) is 5.32 Å². The van der Waals surface area contributed by atoms with Gasteiger partial charge < -0.3 is 15.2 Å². The summed E-state index contributed by atoms with van der Waals surface area (Å²) in [6, 6.07) is 0. The fraction of sp³-hybridized carbons (Fsp3) is 1.00. The van der Waals surface area contributed by atoms with Crippen molar-refractivity contribution in [3.05, 3.63) is 0 Å². The molecule has 0 bridgehead atoms. The average molecular weight is 213 g/mol. The van der Waals surface area contributed by atoms with Gasteiger partial charge in [0.25, 0.3) is 0 Å². The fourth-order valence-corrected chi connectivity index (χ4v) is 2.81. The molecule has 1 aliphatic carbocycles. The number of aliphatic hydroxyl groups is 1. The molecule has 2 fully saturated rings. The summed E-state index contributed by atoms with van der Waals surface area (Å²) in [5.74, 6) is 0. The van der Waals surface area contributed by atoms with Gasteiger partial charge in [-0.2, -0.15) is 0 Å². The molecule has 1 atom stereocenters. The number of hydrogen-bond acceptors (Lipinski definition) is 3. The van der Waals surface area contributed by atoms with Gasteiger partial charge in [-0.05, 0) is 38.6 Å². The van der Waals surface area contributed by atoms with Crippen LogP contribution >= 0.6 is 0 Å². The van der Waals surface area contributed by atoms with Crippen LogP contribution in [0.1, 0.15) is 44.9 Å². The molecule has 15 heavy (non-hydrogen) atoms. The van der Waals surface area contributed by atoms with Crippen LogP contribution in [0.4, 0.5) is 0 Å². The zero-order chi connectivity index (χ0) is 10.6. The zero-order valence-corrected chi connectivity index (χ0v) is 9.50. The van der Waals surface area contributed by atoms with Crippen molar-refractivity contribution in [1.29, 1.82) is 0 Å². The van der Waals surface area contributed by atoms with Crippen LogP contribution in [-0.2, 0) is 4.74 Å². The molecular weight excluding hydrogens is 190 g/mol. The van der Waals surface area contributed by atoms with Crippen molar-refractivity contribution in [3.63, 3.8) is 0 Å². The Hall–Kier alpha value is -0.120. The molecule has 3 nitrogen and oxygen atoms in total. The third kappa shape index (κ3) is 2.92. The molecule has 2 N–H and O–H groups in total. The molecule has 0 aromatic rings. The molecule has 88 valence electrons. The SMILES string of the molecule is OCC1(NCCC2CCCO2)CCCC1. The van der Waals surface area contributed by atoms with Gasteiger partial charge in [-0.1, -0.05) is 12.8 Å². The van der Waals surface area contributed by atoms with E-state index < -0.39 is 0 Å². The van der Waals surface area contributed by atoms with Crippen molar-refractivity contribution >= 4 is 0 Å². The molecule has 2 aliphatic rings. The minimum atomic E-state index is 0.0403. The Morgan fingerprint density at radius 3 is 2.67 bits per heavy atom. The minimum Gasteiger partial charge on any atom is -0.394 e. The smallest absolute Gasteiger partial charge is 0.0613 e. The van der Waals surface area contributed by atoms with Crippen LogP contribution in [0.5, 0.6) is 0 Å². The second-order valence-corrected chi connectivity index (χ2v) is 5.00. The molecule has 0 aromatic heterocycles. The first kappa shape index (κ1) is 11.4. The van der Waals surface area contributed by atoms with Gasteiger partial charge in [0.15, 0.2) is 0 Å². The Labute approximate surface area is 92.2 Å².